The summed E-state index contributed by atoms with van der Waals surface area (Å²) in [5.41, 5.74) is 2.08. The van der Waals surface area contributed by atoms with Crippen molar-refractivity contribution in [2.45, 2.75) is 40.0 Å². The normalized spacial score (nSPS) is 17.2. The Morgan fingerprint density at radius 3 is 2.36 bits per heavy atom. The van der Waals surface area contributed by atoms with E-state index in [2.05, 4.69) is 39.0 Å². The molecule has 0 bridgehead atoms. The molecular formula is C11H18. The maximum atomic E-state index is 2.37. The molecule has 0 aliphatic heterocycles. The van der Waals surface area contributed by atoms with Crippen molar-refractivity contribution in [3.63, 3.8) is 0 Å². The van der Waals surface area contributed by atoms with Crippen LogP contribution in [0.4, 0.5) is 0 Å². The third-order valence-corrected chi connectivity index (χ3v) is 3.11. The van der Waals surface area contributed by atoms with Crippen molar-refractivity contribution in [3.8, 4) is 0 Å². The van der Waals surface area contributed by atoms with Gasteiger partial charge in [0.25, 0.3) is 0 Å². The molecule has 1 aliphatic rings. The molecule has 0 amide bonds. The van der Waals surface area contributed by atoms with E-state index in [0.29, 0.717) is 5.41 Å². The first kappa shape index (κ1) is 8.58. The third-order valence-electron chi connectivity index (χ3n) is 3.11. The second-order valence-electron chi connectivity index (χ2n) is 3.59. The van der Waals surface area contributed by atoms with Gasteiger partial charge in [0, 0.05) is 0 Å². The molecule has 0 nitrogen and oxygen atoms in total. The zero-order valence-electron chi connectivity index (χ0n) is 7.85. The summed E-state index contributed by atoms with van der Waals surface area (Å²) in [4.78, 5) is 0. The van der Waals surface area contributed by atoms with Crippen molar-refractivity contribution in [3.05, 3.63) is 23.8 Å². The average molecular weight is 150 g/mol. The lowest BCUT2D eigenvalue weighted by atomic mass is 9.77. The van der Waals surface area contributed by atoms with Gasteiger partial charge in [0.15, 0.2) is 0 Å². The SMILES string of the molecule is CCC(C)(CC)C1=CC=CC1. The predicted octanol–water partition coefficient (Wildman–Crippen LogP) is 3.70. The molecule has 0 heteroatoms. The minimum absolute atomic E-state index is 0.462. The maximum Gasteiger partial charge on any atom is -0.0115 e. The summed E-state index contributed by atoms with van der Waals surface area (Å²) in [6, 6.07) is 0. The van der Waals surface area contributed by atoms with Gasteiger partial charge in [0.2, 0.25) is 0 Å². The van der Waals surface area contributed by atoms with E-state index >= 15 is 0 Å². The number of hydrogen-bond acceptors (Lipinski definition) is 0. The van der Waals surface area contributed by atoms with Gasteiger partial charge in [-0.25, -0.2) is 0 Å². The fourth-order valence-electron chi connectivity index (χ4n) is 1.60. The molecule has 1 rings (SSSR count). The Bertz CT molecular complexity index is 180. The second kappa shape index (κ2) is 3.25. The van der Waals surface area contributed by atoms with Crippen LogP contribution in [0.25, 0.3) is 0 Å². The van der Waals surface area contributed by atoms with Crippen LogP contribution in [0.2, 0.25) is 0 Å². The van der Waals surface area contributed by atoms with Crippen molar-refractivity contribution < 1.29 is 0 Å². The van der Waals surface area contributed by atoms with Crippen LogP contribution in [0.3, 0.4) is 0 Å². The highest BCUT2D eigenvalue weighted by atomic mass is 14.3. The summed E-state index contributed by atoms with van der Waals surface area (Å²) >= 11 is 0. The van der Waals surface area contributed by atoms with Crippen molar-refractivity contribution in [1.29, 1.82) is 0 Å². The number of allylic oxidation sites excluding steroid dienone is 4. The second-order valence-corrected chi connectivity index (χ2v) is 3.59. The fourth-order valence-corrected chi connectivity index (χ4v) is 1.60. The highest BCUT2D eigenvalue weighted by Crippen LogP contribution is 2.38. The molecule has 0 unspecified atom stereocenters. The molecule has 0 radical (unpaired) electrons. The molecule has 0 atom stereocenters. The van der Waals surface area contributed by atoms with Gasteiger partial charge in [0.1, 0.15) is 0 Å². The maximum absolute atomic E-state index is 2.37. The molecular weight excluding hydrogens is 132 g/mol. The van der Waals surface area contributed by atoms with Crippen LogP contribution in [0.5, 0.6) is 0 Å². The predicted molar refractivity (Wildman–Crippen MR) is 50.5 cm³/mol. The van der Waals surface area contributed by atoms with Crippen LogP contribution >= 0.6 is 0 Å². The molecule has 0 N–H and O–H groups in total. The monoisotopic (exact) mass is 150 g/mol. The lowest BCUT2D eigenvalue weighted by Crippen LogP contribution is -2.15. The van der Waals surface area contributed by atoms with E-state index in [1.807, 2.05) is 0 Å². The Balaban J connectivity index is 2.70. The molecule has 0 spiro atoms. The van der Waals surface area contributed by atoms with Crippen molar-refractivity contribution >= 4 is 0 Å². The van der Waals surface area contributed by atoms with Gasteiger partial charge in [-0.3, -0.25) is 0 Å². The van der Waals surface area contributed by atoms with Crippen LogP contribution in [0.15, 0.2) is 23.8 Å². The van der Waals surface area contributed by atoms with Crippen LogP contribution in [0.1, 0.15) is 40.0 Å². The molecule has 11 heavy (non-hydrogen) atoms. The molecule has 62 valence electrons. The first-order valence-corrected chi connectivity index (χ1v) is 4.59. The number of hydrogen-bond donors (Lipinski definition) is 0. The van der Waals surface area contributed by atoms with Gasteiger partial charge in [-0.15, -0.1) is 0 Å². The third kappa shape index (κ3) is 1.55. The molecule has 0 heterocycles. The minimum atomic E-state index is 0.462. The highest BCUT2D eigenvalue weighted by molar-refractivity contribution is 5.28. The molecule has 0 aromatic carbocycles. The van der Waals surface area contributed by atoms with Crippen LogP contribution in [0, 0.1) is 5.41 Å². The lowest BCUT2D eigenvalue weighted by Gasteiger charge is -2.28. The standard InChI is InChI=1S/C11H18/c1-4-11(3,5-2)10-8-6-7-9-10/h6-8H,4-5,9H2,1-3H3. The van der Waals surface area contributed by atoms with Gasteiger partial charge < -0.3 is 0 Å². The van der Waals surface area contributed by atoms with Gasteiger partial charge in [-0.1, -0.05) is 44.6 Å². The summed E-state index contributed by atoms with van der Waals surface area (Å²) in [6.45, 7) is 6.93. The highest BCUT2D eigenvalue weighted by Gasteiger charge is 2.24. The Labute approximate surface area is 70.0 Å². The van der Waals surface area contributed by atoms with Gasteiger partial charge in [-0.05, 0) is 24.7 Å². The fraction of sp³-hybridized carbons (Fsp3) is 0.636. The average Bonchev–Trinajstić information content (AvgIpc) is 2.55. The summed E-state index contributed by atoms with van der Waals surface area (Å²) in [5.74, 6) is 0. The van der Waals surface area contributed by atoms with E-state index in [-0.39, 0.29) is 0 Å². The Morgan fingerprint density at radius 1 is 1.36 bits per heavy atom. The van der Waals surface area contributed by atoms with E-state index in [4.69, 9.17) is 0 Å². The molecule has 1 aliphatic carbocycles. The van der Waals surface area contributed by atoms with Gasteiger partial charge in [0.05, 0.1) is 0 Å². The van der Waals surface area contributed by atoms with E-state index in [0.717, 1.165) is 0 Å². The zero-order chi connectivity index (χ0) is 8.32. The molecule has 0 saturated heterocycles. The summed E-state index contributed by atoms with van der Waals surface area (Å²) in [6.07, 6.45) is 10.4. The quantitative estimate of drug-likeness (QED) is 0.575. The minimum Gasteiger partial charge on any atom is -0.0804 e. The Hall–Kier alpha value is -0.520. The van der Waals surface area contributed by atoms with Crippen LogP contribution < -0.4 is 0 Å². The summed E-state index contributed by atoms with van der Waals surface area (Å²) in [7, 11) is 0. The van der Waals surface area contributed by atoms with E-state index in [1.165, 1.54) is 19.3 Å². The van der Waals surface area contributed by atoms with Crippen molar-refractivity contribution in [1.82, 2.24) is 0 Å². The van der Waals surface area contributed by atoms with Crippen molar-refractivity contribution in [2.24, 2.45) is 5.41 Å². The largest absolute Gasteiger partial charge is 0.0804 e. The van der Waals surface area contributed by atoms with Crippen LogP contribution in [-0.4, -0.2) is 0 Å². The topological polar surface area (TPSA) is 0 Å². The van der Waals surface area contributed by atoms with Crippen molar-refractivity contribution in [2.75, 3.05) is 0 Å². The van der Waals surface area contributed by atoms with Crippen LogP contribution in [-0.2, 0) is 0 Å². The Morgan fingerprint density at radius 2 is 2.00 bits per heavy atom. The molecule has 0 aromatic heterocycles. The van der Waals surface area contributed by atoms with E-state index < -0.39 is 0 Å². The molecule has 0 saturated carbocycles. The smallest absolute Gasteiger partial charge is 0.0115 e. The van der Waals surface area contributed by atoms with E-state index in [1.54, 1.807) is 5.57 Å². The summed E-state index contributed by atoms with van der Waals surface area (Å²) in [5, 5.41) is 0. The van der Waals surface area contributed by atoms with Gasteiger partial charge >= 0.3 is 0 Å². The molecule has 0 aromatic rings. The van der Waals surface area contributed by atoms with E-state index in [9.17, 15) is 0 Å². The van der Waals surface area contributed by atoms with Gasteiger partial charge in [-0.2, -0.15) is 0 Å². The first-order chi connectivity index (χ1) is 5.23. The number of rotatable bonds is 3. The Kier molecular flexibility index (Phi) is 2.53. The summed E-state index contributed by atoms with van der Waals surface area (Å²) < 4.78 is 0. The zero-order valence-corrected chi connectivity index (χ0v) is 7.85. The lowest BCUT2D eigenvalue weighted by molar-refractivity contribution is 0.363. The molecule has 0 fully saturated rings. The first-order valence-electron chi connectivity index (χ1n) is 4.59.